The van der Waals surface area contributed by atoms with E-state index in [1.54, 1.807) is 28.2 Å². The number of likely N-dealkylation sites (N-methyl/N-ethyl adjacent to an activating group) is 1. The van der Waals surface area contributed by atoms with Crippen molar-refractivity contribution in [1.29, 1.82) is 0 Å². The molecule has 7 aromatic carbocycles. The average molecular weight is 1840 g/mol. The highest BCUT2D eigenvalue weighted by molar-refractivity contribution is 6.33. The highest BCUT2D eigenvalue weighted by atomic mass is 35.5. The number of rotatable bonds is 22. The molecular formula is C90H104Cl2N10O28. The largest absolute Gasteiger partial charge is 0.508 e. The maximum atomic E-state index is 16.9. The number of aliphatic hydroxyl groups excluding tert-OH is 7. The lowest BCUT2D eigenvalue weighted by Gasteiger charge is -2.41. The van der Waals surface area contributed by atoms with Gasteiger partial charge in [0.15, 0.2) is 29.1 Å². The van der Waals surface area contributed by atoms with Crippen LogP contribution in [0.4, 0.5) is 0 Å². The van der Waals surface area contributed by atoms with Crippen molar-refractivity contribution in [3.63, 3.8) is 0 Å². The maximum absolute atomic E-state index is 16.9. The summed E-state index contributed by atoms with van der Waals surface area (Å²) in [7, 11) is 7.62. The monoisotopic (exact) mass is 1840 g/mol. The lowest BCUT2D eigenvalue weighted by molar-refractivity contribution is -0.277. The minimum atomic E-state index is -2.44. The van der Waals surface area contributed by atoms with Gasteiger partial charge < -0.3 is 142 Å². The van der Waals surface area contributed by atoms with Crippen LogP contribution in [0.1, 0.15) is 147 Å². The number of hydrogen-bond acceptors (Lipinski definition) is 30. The zero-order valence-electron chi connectivity index (χ0n) is 71.6. The third-order valence-corrected chi connectivity index (χ3v) is 23.8. The van der Waals surface area contributed by atoms with Crippen LogP contribution < -0.4 is 66.2 Å². The second kappa shape index (κ2) is 41.5. The van der Waals surface area contributed by atoms with Gasteiger partial charge >= 0.3 is 5.97 Å². The fourth-order valence-electron chi connectivity index (χ4n) is 16.2. The van der Waals surface area contributed by atoms with Gasteiger partial charge in [-0.1, -0.05) is 106 Å². The van der Waals surface area contributed by atoms with E-state index in [2.05, 4.69) is 56.4 Å². The van der Waals surface area contributed by atoms with Gasteiger partial charge in [-0.2, -0.15) is 0 Å². The van der Waals surface area contributed by atoms with Gasteiger partial charge in [0, 0.05) is 48.2 Å². The Hall–Kier alpha value is -11.9. The molecule has 40 heteroatoms. The van der Waals surface area contributed by atoms with E-state index in [1.807, 2.05) is 4.90 Å². The van der Waals surface area contributed by atoms with E-state index in [1.165, 1.54) is 53.4 Å². The minimum absolute atomic E-state index is 0.0896. The summed E-state index contributed by atoms with van der Waals surface area (Å²) in [6.07, 6.45) is -15.1. The van der Waals surface area contributed by atoms with Gasteiger partial charge in [0.2, 0.25) is 65.6 Å². The molecule has 8 aliphatic heterocycles. The molecule has 18 atom stereocenters. The summed E-state index contributed by atoms with van der Waals surface area (Å²) in [6.45, 7) is 3.64. The molecule has 8 aliphatic rings. The first-order chi connectivity index (χ1) is 62.0. The SMILES string of the molecule is COC(=O)[C@H]1O[C@@H](Oc2c3cc4cc2Oc2ccc(cc2Cl)[C@@H](O)[C@@H]2NC(=O)[C@H](NC(=O)[C@@H]4NC(=O)[C@H]4NC(=O)[C@@H](Cc5ccc(cc5)O3)NC(=O)[C@H](N(C)C)c3ccc(O)c(c3)Oc3cc(O)c(Cl)c4c3)c3ccc(O)c(c3)-c3c(O[C@H]4O[C@H](CO)[C@@H](O)[C@H](O)[C@@H]4O)cc(O)cc3[C@@H](C(=O)NCCCN(C)C)NC2=O)[C@H](NC(=O)CCCCCCCCC(C)C)[C@@H](O)[C@@H]1O. The van der Waals surface area contributed by atoms with E-state index < -0.39 is 271 Å². The topological polar surface area (TPSA) is 553 Å². The van der Waals surface area contributed by atoms with Crippen LogP contribution in [0.5, 0.6) is 69.0 Å². The molecule has 15 rings (SSSR count). The second-order valence-corrected chi connectivity index (χ2v) is 34.3. The normalized spacial score (nSPS) is 25.7. The molecule has 0 unspecified atom stereocenters. The Labute approximate surface area is 755 Å². The predicted octanol–water partition coefficient (Wildman–Crippen LogP) is 4.60. The van der Waals surface area contributed by atoms with Crippen LogP contribution in [0.15, 0.2) is 115 Å². The summed E-state index contributed by atoms with van der Waals surface area (Å²) >= 11 is 14.4. The van der Waals surface area contributed by atoms with E-state index in [9.17, 15) is 65.8 Å². The van der Waals surface area contributed by atoms with Crippen molar-refractivity contribution >= 4 is 76.4 Å². The van der Waals surface area contributed by atoms with Crippen LogP contribution >= 0.6 is 23.2 Å². The van der Waals surface area contributed by atoms with Gasteiger partial charge in [-0.25, -0.2) is 4.79 Å². The van der Waals surface area contributed by atoms with E-state index in [0.29, 0.717) is 37.3 Å². The summed E-state index contributed by atoms with van der Waals surface area (Å²) in [5.41, 5.74) is -2.53. The Morgan fingerprint density at radius 2 is 1.20 bits per heavy atom. The van der Waals surface area contributed by atoms with E-state index in [4.69, 9.17) is 61.1 Å². The van der Waals surface area contributed by atoms with Gasteiger partial charge in [0.1, 0.15) is 131 Å². The number of hydrogen-bond donors (Lipinski definition) is 19. The number of aliphatic hydroxyl groups is 7. The lowest BCUT2D eigenvalue weighted by atomic mass is 9.89. The number of nitrogens with one attached hydrogen (secondary N) is 8. The lowest BCUT2D eigenvalue weighted by Crippen LogP contribution is -2.66. The molecule has 0 spiro atoms. The Kier molecular flexibility index (Phi) is 30.5. The highest BCUT2D eigenvalue weighted by Gasteiger charge is 2.52. The van der Waals surface area contributed by atoms with Crippen LogP contribution in [0, 0.1) is 5.92 Å². The van der Waals surface area contributed by atoms with Crippen LogP contribution in [-0.2, 0) is 63.8 Å². The second-order valence-electron chi connectivity index (χ2n) is 33.5. The molecule has 0 radical (unpaired) electrons. The quantitative estimate of drug-likeness (QED) is 0.0326. The molecule has 8 amide bonds. The van der Waals surface area contributed by atoms with Gasteiger partial charge in [-0.05, 0) is 160 Å². The van der Waals surface area contributed by atoms with E-state index in [-0.39, 0.29) is 41.3 Å². The standard InChI is InChI=1S/C90H104Cl2N10O28/c1-40(2)15-12-10-8-9-11-13-16-63(108)95-71-75(111)77(113)80(88(122)123-7)130-89(71)129-79-60-33-45-34-61(79)126-57-26-21-44(31-52(57)91)73(109)70-86(120)99-68(82(116)93-27-14-28-101(3)4)50-35-46(104)36-59(127-90-78(114)76(112)74(110)62(39-103)128-90)64(50)49-30-42(19-24-54(49)105)66(83(117)100-70)96-84(118)67(45)97-85(119)69-51-37-48(38-56(107)65(51)92)125-58-32-43(20-25-55(58)106)72(102(5)6)87(121)94-53(81(115)98-69)29-41-17-22-47(124-60)23-18-41/h17-26,30-38,40,53,62,66-78,80,89-90,103-107,109-114H,8-16,27-29,39H2,1-7H3,(H,93,116)(H,94,121)(H,95,108)(H,96,118)(H,97,119)(H,98,115)(H,99,120)(H,100,117)/t53-,62-,66-,67-,68+,69+,70+,71-,72-,73-,74-,75-,76+,77+,78+,80+,89-,90+/m1/s1. The van der Waals surface area contributed by atoms with Crippen molar-refractivity contribution in [2.75, 3.05) is 55.0 Å². The first kappa shape index (κ1) is 95.7. The fraction of sp³-hybridized carbons (Fsp3) is 0.433. The van der Waals surface area contributed by atoms with E-state index >= 15 is 33.6 Å². The number of carbonyl (C=O) groups excluding carboxylic acids is 9. The molecule has 7 aromatic rings. The Balaban J connectivity index is 1.05. The minimum Gasteiger partial charge on any atom is -0.508 e. The van der Waals surface area contributed by atoms with Crippen molar-refractivity contribution in [1.82, 2.24) is 52.3 Å². The molecule has 19 N–H and O–H groups in total. The van der Waals surface area contributed by atoms with Crippen molar-refractivity contribution in [2.24, 2.45) is 5.92 Å². The number of amides is 8. The highest BCUT2D eigenvalue weighted by Crippen LogP contribution is 2.51. The number of fused-ring (bicyclic) bond motifs is 14. The molecule has 0 aromatic heterocycles. The summed E-state index contributed by atoms with van der Waals surface area (Å²) in [6, 6.07) is 6.26. The number of phenols is 4. The zero-order valence-corrected chi connectivity index (χ0v) is 73.2. The third kappa shape index (κ3) is 21.6. The van der Waals surface area contributed by atoms with Crippen LogP contribution in [0.2, 0.25) is 10.0 Å². The summed E-state index contributed by atoms with van der Waals surface area (Å²) in [4.78, 5) is 143. The van der Waals surface area contributed by atoms with Crippen molar-refractivity contribution in [3.8, 4) is 80.1 Å². The van der Waals surface area contributed by atoms with Crippen molar-refractivity contribution in [2.45, 2.75) is 188 Å². The Bertz CT molecular complexity index is 5400. The number of phenolic OH excluding ortho intramolecular Hbond substituents is 4. The molecule has 0 saturated carbocycles. The summed E-state index contributed by atoms with van der Waals surface area (Å²) in [5.74, 6) is -16.5. The number of aromatic hydroxyl groups is 4. The smallest absolute Gasteiger partial charge is 0.337 e. The van der Waals surface area contributed by atoms with Gasteiger partial charge in [-0.15, -0.1) is 0 Å². The van der Waals surface area contributed by atoms with Crippen LogP contribution in [-0.4, -0.2) is 248 Å². The van der Waals surface area contributed by atoms with E-state index in [0.717, 1.165) is 106 Å². The predicted molar refractivity (Wildman–Crippen MR) is 461 cm³/mol. The molecule has 38 nitrogen and oxygen atoms in total. The molecule has 8 heterocycles. The number of nitrogens with zero attached hydrogens (tertiary/aromatic N) is 2. The number of esters is 1. The van der Waals surface area contributed by atoms with Crippen molar-refractivity contribution in [3.05, 3.63) is 164 Å². The zero-order chi connectivity index (χ0) is 93.5. The molecule has 0 aliphatic carbocycles. The van der Waals surface area contributed by atoms with Gasteiger partial charge in [-0.3, -0.25) is 43.3 Å². The number of ether oxygens (including phenoxy) is 8. The van der Waals surface area contributed by atoms with Gasteiger partial charge in [0.05, 0.1) is 23.8 Å². The van der Waals surface area contributed by atoms with Crippen LogP contribution in [0.25, 0.3) is 11.1 Å². The molecule has 2 saturated heterocycles. The number of carbonyl (C=O) groups is 9. The molecule has 2 fully saturated rings. The molecule has 696 valence electrons. The maximum Gasteiger partial charge on any atom is 0.337 e. The number of benzene rings is 7. The third-order valence-electron chi connectivity index (χ3n) is 23.1. The molecule has 130 heavy (non-hydrogen) atoms. The summed E-state index contributed by atoms with van der Waals surface area (Å²) in [5, 5.41) is 149. The fourth-order valence-corrected chi connectivity index (χ4v) is 16.7. The van der Waals surface area contributed by atoms with Crippen molar-refractivity contribution < 1.29 is 137 Å². The first-order valence-electron chi connectivity index (χ1n) is 42.2. The molecular weight excluding hydrogens is 1740 g/mol. The molecule has 17 bridgehead atoms. The first-order valence-corrected chi connectivity index (χ1v) is 43.0. The Morgan fingerprint density at radius 1 is 0.554 bits per heavy atom. The van der Waals surface area contributed by atoms with Crippen LogP contribution in [0.3, 0.4) is 0 Å². The Morgan fingerprint density at radius 3 is 1.89 bits per heavy atom. The average Bonchev–Trinajstić information content (AvgIpc) is 0.751. The number of methoxy groups -OCH3 is 1. The number of halogens is 2. The van der Waals surface area contributed by atoms with Gasteiger partial charge in [0.25, 0.3) is 0 Å². The number of unbranched alkanes of at least 4 members (excludes halogenated alkanes) is 5. The summed E-state index contributed by atoms with van der Waals surface area (Å²) < 4.78 is 50.1.